The van der Waals surface area contributed by atoms with E-state index in [0.29, 0.717) is 10.2 Å². The van der Waals surface area contributed by atoms with Crippen LogP contribution in [0.2, 0.25) is 0 Å². The summed E-state index contributed by atoms with van der Waals surface area (Å²) < 4.78 is 6.81. The third-order valence-corrected chi connectivity index (χ3v) is 3.90. The van der Waals surface area contributed by atoms with Crippen LogP contribution in [0.4, 0.5) is 0 Å². The topological polar surface area (TPSA) is 39.2 Å². The second kappa shape index (κ2) is 6.50. The van der Waals surface area contributed by atoms with Crippen LogP contribution in [0.15, 0.2) is 39.4 Å². The molecule has 0 aliphatic carbocycles. The van der Waals surface area contributed by atoms with Crippen LogP contribution >= 0.6 is 31.9 Å². The Kier molecular flexibility index (Phi) is 4.94. The van der Waals surface area contributed by atoms with E-state index in [0.717, 1.165) is 21.3 Å². The zero-order chi connectivity index (χ0) is 14.7. The van der Waals surface area contributed by atoms with Crippen LogP contribution in [-0.2, 0) is 6.42 Å². The molecule has 0 saturated carbocycles. The molecule has 5 heteroatoms. The summed E-state index contributed by atoms with van der Waals surface area (Å²) in [6.45, 7) is 1.99. The Morgan fingerprint density at radius 2 is 2.05 bits per heavy atom. The van der Waals surface area contributed by atoms with Crippen LogP contribution < -0.4 is 4.74 Å². The van der Waals surface area contributed by atoms with Crippen molar-refractivity contribution in [3.05, 3.63) is 56.2 Å². The average Bonchev–Trinajstić information content (AvgIpc) is 2.38. The minimum absolute atomic E-state index is 0.0479. The molecule has 104 valence electrons. The summed E-state index contributed by atoms with van der Waals surface area (Å²) in [5.74, 6) is 0.672. The Hall–Kier alpha value is -1.20. The normalized spacial score (nSPS) is 10.4. The molecule has 1 aromatic heterocycles. The Morgan fingerprint density at radius 1 is 1.30 bits per heavy atom. The SMILES string of the molecule is COc1ccc(C)cc1CC(=O)c1ncc(Br)cc1Br. The van der Waals surface area contributed by atoms with Gasteiger partial charge in [-0.25, -0.2) is 0 Å². The summed E-state index contributed by atoms with van der Waals surface area (Å²) >= 11 is 6.69. The Bertz CT molecular complexity index is 656. The molecule has 0 amide bonds. The van der Waals surface area contributed by atoms with Crippen LogP contribution in [0, 0.1) is 6.92 Å². The van der Waals surface area contributed by atoms with Crippen molar-refractivity contribution in [1.82, 2.24) is 4.98 Å². The lowest BCUT2D eigenvalue weighted by Crippen LogP contribution is -2.08. The van der Waals surface area contributed by atoms with Gasteiger partial charge in [-0.1, -0.05) is 17.7 Å². The van der Waals surface area contributed by atoms with Crippen LogP contribution in [0.5, 0.6) is 5.75 Å². The molecule has 0 aliphatic heterocycles. The molecule has 0 unspecified atom stereocenters. The number of rotatable bonds is 4. The van der Waals surface area contributed by atoms with Crippen LogP contribution in [0.25, 0.3) is 0 Å². The van der Waals surface area contributed by atoms with Gasteiger partial charge in [-0.05, 0) is 50.9 Å². The number of halogens is 2. The number of nitrogens with zero attached hydrogens (tertiary/aromatic N) is 1. The molecule has 0 aliphatic rings. The van der Waals surface area contributed by atoms with Crippen molar-refractivity contribution in [1.29, 1.82) is 0 Å². The number of ketones is 1. The largest absolute Gasteiger partial charge is 0.496 e. The van der Waals surface area contributed by atoms with E-state index in [4.69, 9.17) is 4.74 Å². The maximum atomic E-state index is 12.4. The van der Waals surface area contributed by atoms with E-state index in [1.807, 2.05) is 31.2 Å². The van der Waals surface area contributed by atoms with Crippen LogP contribution in [0.1, 0.15) is 21.6 Å². The molecule has 0 atom stereocenters. The first-order chi connectivity index (χ1) is 9.51. The lowest BCUT2D eigenvalue weighted by Gasteiger charge is -2.09. The fraction of sp³-hybridized carbons (Fsp3) is 0.200. The first-order valence-corrected chi connectivity index (χ1v) is 7.57. The van der Waals surface area contributed by atoms with Crippen molar-refractivity contribution in [3.8, 4) is 5.75 Å². The quantitative estimate of drug-likeness (QED) is 0.718. The standard InChI is InChI=1S/C15H13Br2NO2/c1-9-3-4-14(20-2)10(5-9)6-13(19)15-12(17)7-11(16)8-18-15/h3-5,7-8H,6H2,1-2H3. The van der Waals surface area contributed by atoms with Crippen molar-refractivity contribution >= 4 is 37.6 Å². The third-order valence-electron chi connectivity index (χ3n) is 2.86. The summed E-state index contributed by atoms with van der Waals surface area (Å²) in [6, 6.07) is 7.61. The number of pyridine rings is 1. The number of benzene rings is 1. The minimum atomic E-state index is -0.0479. The summed E-state index contributed by atoms with van der Waals surface area (Å²) in [4.78, 5) is 16.5. The Morgan fingerprint density at radius 3 is 2.70 bits per heavy atom. The monoisotopic (exact) mass is 397 g/mol. The fourth-order valence-corrected chi connectivity index (χ4v) is 3.13. The first kappa shape index (κ1) is 15.2. The van der Waals surface area contributed by atoms with Gasteiger partial charge < -0.3 is 4.74 Å². The predicted octanol–water partition coefficient (Wildman–Crippen LogP) is 4.35. The number of Topliss-reactive ketones (excluding diaryl/α,β-unsaturated/α-hetero) is 1. The Balaban J connectivity index is 2.30. The zero-order valence-electron chi connectivity index (χ0n) is 11.1. The van der Waals surface area contributed by atoms with Gasteiger partial charge in [-0.3, -0.25) is 9.78 Å². The van der Waals surface area contributed by atoms with Crippen LogP contribution in [0.3, 0.4) is 0 Å². The lowest BCUT2D eigenvalue weighted by molar-refractivity contribution is 0.0986. The van der Waals surface area contributed by atoms with Gasteiger partial charge in [-0.15, -0.1) is 0 Å². The van der Waals surface area contributed by atoms with E-state index < -0.39 is 0 Å². The third kappa shape index (κ3) is 3.46. The molecule has 0 radical (unpaired) electrons. The molecule has 0 fully saturated rings. The lowest BCUT2D eigenvalue weighted by atomic mass is 10.0. The van der Waals surface area contributed by atoms with Gasteiger partial charge in [-0.2, -0.15) is 0 Å². The molecular formula is C15H13Br2NO2. The van der Waals surface area contributed by atoms with Crippen molar-refractivity contribution in [2.75, 3.05) is 7.11 Å². The first-order valence-electron chi connectivity index (χ1n) is 5.99. The number of hydrogen-bond acceptors (Lipinski definition) is 3. The van der Waals surface area contributed by atoms with E-state index in [1.165, 1.54) is 0 Å². The number of ether oxygens (including phenoxy) is 1. The number of aromatic nitrogens is 1. The number of hydrogen-bond donors (Lipinski definition) is 0. The minimum Gasteiger partial charge on any atom is -0.496 e. The highest BCUT2D eigenvalue weighted by Crippen LogP contribution is 2.24. The van der Waals surface area contributed by atoms with Gasteiger partial charge in [0.25, 0.3) is 0 Å². The van der Waals surface area contributed by atoms with Gasteiger partial charge in [0.2, 0.25) is 0 Å². The molecule has 0 saturated heterocycles. The second-order valence-electron chi connectivity index (χ2n) is 4.40. The summed E-state index contributed by atoms with van der Waals surface area (Å²) in [5, 5.41) is 0. The zero-order valence-corrected chi connectivity index (χ0v) is 14.3. The summed E-state index contributed by atoms with van der Waals surface area (Å²) in [7, 11) is 1.60. The number of aryl methyl sites for hydroxylation is 1. The number of carbonyl (C=O) groups excluding carboxylic acids is 1. The molecule has 3 nitrogen and oxygen atoms in total. The fourth-order valence-electron chi connectivity index (χ4n) is 1.92. The molecule has 2 rings (SSSR count). The summed E-state index contributed by atoms with van der Waals surface area (Å²) in [6.07, 6.45) is 1.88. The van der Waals surface area contributed by atoms with Crippen molar-refractivity contribution in [3.63, 3.8) is 0 Å². The number of methoxy groups -OCH3 is 1. The van der Waals surface area contributed by atoms with E-state index in [-0.39, 0.29) is 12.2 Å². The molecule has 20 heavy (non-hydrogen) atoms. The molecule has 1 heterocycles. The molecule has 0 bridgehead atoms. The molecule has 0 spiro atoms. The highest BCUT2D eigenvalue weighted by Gasteiger charge is 2.15. The number of carbonyl (C=O) groups is 1. The average molecular weight is 399 g/mol. The molecule has 2 aromatic rings. The smallest absolute Gasteiger partial charge is 0.186 e. The van der Waals surface area contributed by atoms with Gasteiger partial charge in [0, 0.05) is 27.1 Å². The van der Waals surface area contributed by atoms with Gasteiger partial charge in [0.15, 0.2) is 5.78 Å². The van der Waals surface area contributed by atoms with Gasteiger partial charge >= 0.3 is 0 Å². The molecule has 0 N–H and O–H groups in total. The molecule has 1 aromatic carbocycles. The predicted molar refractivity (Wildman–Crippen MR) is 85.4 cm³/mol. The van der Waals surface area contributed by atoms with Gasteiger partial charge in [0.1, 0.15) is 11.4 Å². The van der Waals surface area contributed by atoms with Crippen molar-refractivity contribution in [2.24, 2.45) is 0 Å². The van der Waals surface area contributed by atoms with E-state index in [2.05, 4.69) is 36.8 Å². The maximum absolute atomic E-state index is 12.4. The highest BCUT2D eigenvalue weighted by molar-refractivity contribution is 9.11. The second-order valence-corrected chi connectivity index (χ2v) is 6.17. The van der Waals surface area contributed by atoms with Gasteiger partial charge in [0.05, 0.1) is 7.11 Å². The van der Waals surface area contributed by atoms with E-state index in [9.17, 15) is 4.79 Å². The van der Waals surface area contributed by atoms with E-state index in [1.54, 1.807) is 13.3 Å². The Labute approximate surface area is 134 Å². The van der Waals surface area contributed by atoms with Crippen LogP contribution in [-0.4, -0.2) is 17.9 Å². The molecular weight excluding hydrogens is 386 g/mol. The van der Waals surface area contributed by atoms with E-state index >= 15 is 0 Å². The maximum Gasteiger partial charge on any atom is 0.186 e. The summed E-state index contributed by atoms with van der Waals surface area (Å²) in [5.41, 5.74) is 2.39. The van der Waals surface area contributed by atoms with Crippen molar-refractivity contribution < 1.29 is 9.53 Å². The van der Waals surface area contributed by atoms with Crippen molar-refractivity contribution in [2.45, 2.75) is 13.3 Å². The highest BCUT2D eigenvalue weighted by atomic mass is 79.9.